The predicted octanol–water partition coefficient (Wildman–Crippen LogP) is 3.66. The Hall–Kier alpha value is -2.73. The highest BCUT2D eigenvalue weighted by Crippen LogP contribution is 2.27. The topological polar surface area (TPSA) is 64.3 Å². The van der Waals surface area contributed by atoms with Gasteiger partial charge in [-0.25, -0.2) is 0 Å². The minimum Gasteiger partial charge on any atom is -0.475 e. The fraction of sp³-hybridized carbons (Fsp3) is 0.350. The summed E-state index contributed by atoms with van der Waals surface area (Å²) in [5.41, 5.74) is 1.59. The smallest absolute Gasteiger partial charge is 0.244 e. The Labute approximate surface area is 152 Å². The summed E-state index contributed by atoms with van der Waals surface area (Å²) in [7, 11) is 0. The number of aromatic nitrogens is 3. The molecule has 4 rings (SSSR count). The van der Waals surface area contributed by atoms with Gasteiger partial charge in [-0.15, -0.1) is 10.2 Å². The molecule has 0 bridgehead atoms. The molecule has 0 spiro atoms. The number of benzene rings is 1. The first kappa shape index (κ1) is 16.7. The second-order valence-corrected chi connectivity index (χ2v) is 6.38. The Morgan fingerprint density at radius 3 is 2.58 bits per heavy atom. The average Bonchev–Trinajstić information content (AvgIpc) is 3.24. The molecule has 6 heteroatoms. The largest absolute Gasteiger partial charge is 0.475 e. The molecule has 3 heterocycles. The van der Waals surface area contributed by atoms with Gasteiger partial charge in [-0.1, -0.05) is 36.8 Å². The Bertz CT molecular complexity index is 815. The van der Waals surface area contributed by atoms with E-state index < -0.39 is 0 Å². The normalized spacial score (nSPS) is 15.1. The molecule has 1 saturated heterocycles. The van der Waals surface area contributed by atoms with Gasteiger partial charge in [-0.2, -0.15) is 4.98 Å². The van der Waals surface area contributed by atoms with E-state index in [-0.39, 0.29) is 0 Å². The lowest BCUT2D eigenvalue weighted by molar-refractivity contribution is 0.180. The highest BCUT2D eigenvalue weighted by atomic mass is 16.5. The second-order valence-electron chi connectivity index (χ2n) is 6.38. The summed E-state index contributed by atoms with van der Waals surface area (Å²) < 4.78 is 11.4. The first-order chi connectivity index (χ1) is 12.9. The molecule has 0 atom stereocenters. The van der Waals surface area contributed by atoms with Crippen LogP contribution in [0, 0.1) is 0 Å². The zero-order chi connectivity index (χ0) is 17.6. The minimum absolute atomic E-state index is 0.433. The van der Waals surface area contributed by atoms with Crippen molar-refractivity contribution in [1.29, 1.82) is 0 Å². The maximum Gasteiger partial charge on any atom is 0.244 e. The van der Waals surface area contributed by atoms with E-state index in [9.17, 15) is 0 Å². The molecule has 1 aliphatic rings. The van der Waals surface area contributed by atoms with E-state index in [1.807, 2.05) is 36.4 Å². The van der Waals surface area contributed by atoms with E-state index in [0.717, 1.165) is 25.2 Å². The van der Waals surface area contributed by atoms with Crippen LogP contribution in [0.5, 0.6) is 5.88 Å². The molecule has 0 unspecified atom stereocenters. The van der Waals surface area contributed by atoms with Crippen LogP contribution in [-0.2, 0) is 0 Å². The van der Waals surface area contributed by atoms with E-state index in [4.69, 9.17) is 9.15 Å². The van der Waals surface area contributed by atoms with Crippen molar-refractivity contribution < 1.29 is 9.15 Å². The maximum absolute atomic E-state index is 6.04. The molecule has 0 amide bonds. The summed E-state index contributed by atoms with van der Waals surface area (Å²) in [5.74, 6) is 1.51. The van der Waals surface area contributed by atoms with Crippen molar-refractivity contribution in [3.63, 3.8) is 0 Å². The molecule has 1 fully saturated rings. The van der Waals surface area contributed by atoms with Crippen molar-refractivity contribution in [3.8, 4) is 28.7 Å². The van der Waals surface area contributed by atoms with Crippen molar-refractivity contribution >= 4 is 0 Å². The van der Waals surface area contributed by atoms with Crippen LogP contribution in [0.25, 0.3) is 22.8 Å². The summed E-state index contributed by atoms with van der Waals surface area (Å²) in [6, 6.07) is 13.5. The fourth-order valence-corrected chi connectivity index (χ4v) is 3.15. The summed E-state index contributed by atoms with van der Waals surface area (Å²) in [4.78, 5) is 7.00. The van der Waals surface area contributed by atoms with Gasteiger partial charge in [0.25, 0.3) is 0 Å². The molecule has 134 valence electrons. The molecule has 0 radical (unpaired) electrons. The molecule has 1 aliphatic heterocycles. The lowest BCUT2D eigenvalue weighted by Crippen LogP contribution is -2.33. The van der Waals surface area contributed by atoms with Crippen LogP contribution in [0.2, 0.25) is 0 Å². The fourth-order valence-electron chi connectivity index (χ4n) is 3.15. The van der Waals surface area contributed by atoms with Gasteiger partial charge in [0.2, 0.25) is 11.7 Å². The summed E-state index contributed by atoms with van der Waals surface area (Å²) in [5, 5.41) is 8.57. The van der Waals surface area contributed by atoms with E-state index in [2.05, 4.69) is 20.1 Å². The van der Waals surface area contributed by atoms with Gasteiger partial charge >= 0.3 is 0 Å². The number of piperidine rings is 1. The number of hydrogen-bond donors (Lipinski definition) is 0. The second kappa shape index (κ2) is 8.10. The van der Waals surface area contributed by atoms with Gasteiger partial charge in [0.05, 0.1) is 6.26 Å². The predicted molar refractivity (Wildman–Crippen MR) is 98.8 cm³/mol. The maximum atomic E-state index is 6.04. The van der Waals surface area contributed by atoms with Crippen LogP contribution >= 0.6 is 0 Å². The molecule has 1 aromatic carbocycles. The zero-order valence-electron chi connectivity index (χ0n) is 14.7. The summed E-state index contributed by atoms with van der Waals surface area (Å²) >= 11 is 0. The molecular formula is C20H22N4O2. The van der Waals surface area contributed by atoms with Gasteiger partial charge in [-0.05, 0) is 38.1 Å². The lowest BCUT2D eigenvalue weighted by atomic mass is 10.1. The summed E-state index contributed by atoms with van der Waals surface area (Å²) in [6.07, 6.45) is 5.47. The third-order valence-corrected chi connectivity index (χ3v) is 4.54. The van der Waals surface area contributed by atoms with Crippen LogP contribution in [0.15, 0.2) is 53.1 Å². The highest BCUT2D eigenvalue weighted by Gasteiger charge is 2.16. The number of ether oxygens (including phenoxy) is 1. The standard InChI is InChI=1S/C20H22N4O2/c1-3-8-16(9-4-1)18-20(26-15-13-24-11-5-2-6-12-24)21-19(23-22-18)17-10-7-14-25-17/h1,3-4,7-10,14H,2,5-6,11-13,15H2. The Balaban J connectivity index is 1.55. The van der Waals surface area contributed by atoms with E-state index in [1.165, 1.54) is 19.3 Å². The molecule has 0 N–H and O–H groups in total. The molecule has 0 aliphatic carbocycles. The Morgan fingerprint density at radius 1 is 0.962 bits per heavy atom. The monoisotopic (exact) mass is 350 g/mol. The van der Waals surface area contributed by atoms with Gasteiger partial charge in [-0.3, -0.25) is 4.90 Å². The minimum atomic E-state index is 0.433. The Morgan fingerprint density at radius 2 is 1.81 bits per heavy atom. The summed E-state index contributed by atoms with van der Waals surface area (Å²) in [6.45, 7) is 3.77. The number of likely N-dealkylation sites (tertiary alicyclic amines) is 1. The molecule has 3 aromatic rings. The van der Waals surface area contributed by atoms with E-state index in [1.54, 1.807) is 12.3 Å². The van der Waals surface area contributed by atoms with E-state index in [0.29, 0.717) is 29.8 Å². The zero-order valence-corrected chi connectivity index (χ0v) is 14.7. The van der Waals surface area contributed by atoms with Crippen molar-refractivity contribution in [3.05, 3.63) is 48.7 Å². The Kier molecular flexibility index (Phi) is 5.21. The first-order valence-corrected chi connectivity index (χ1v) is 9.09. The van der Waals surface area contributed by atoms with Crippen molar-refractivity contribution in [2.24, 2.45) is 0 Å². The quantitative estimate of drug-likeness (QED) is 0.676. The first-order valence-electron chi connectivity index (χ1n) is 9.09. The molecule has 6 nitrogen and oxygen atoms in total. The van der Waals surface area contributed by atoms with Gasteiger partial charge in [0, 0.05) is 12.1 Å². The van der Waals surface area contributed by atoms with Crippen LogP contribution in [-0.4, -0.2) is 46.3 Å². The number of furan rings is 1. The number of nitrogens with zero attached hydrogens (tertiary/aromatic N) is 4. The third kappa shape index (κ3) is 3.91. The number of hydrogen-bond acceptors (Lipinski definition) is 6. The molecule has 26 heavy (non-hydrogen) atoms. The third-order valence-electron chi connectivity index (χ3n) is 4.54. The van der Waals surface area contributed by atoms with Gasteiger partial charge in [0.15, 0.2) is 11.5 Å². The molecule has 2 aromatic heterocycles. The van der Waals surface area contributed by atoms with E-state index >= 15 is 0 Å². The van der Waals surface area contributed by atoms with Crippen LogP contribution < -0.4 is 4.74 Å². The van der Waals surface area contributed by atoms with Gasteiger partial charge in [0.1, 0.15) is 6.61 Å². The van der Waals surface area contributed by atoms with Crippen molar-refractivity contribution in [2.75, 3.05) is 26.2 Å². The van der Waals surface area contributed by atoms with Crippen LogP contribution in [0.1, 0.15) is 19.3 Å². The van der Waals surface area contributed by atoms with Crippen LogP contribution in [0.4, 0.5) is 0 Å². The van der Waals surface area contributed by atoms with Gasteiger partial charge < -0.3 is 9.15 Å². The highest BCUT2D eigenvalue weighted by molar-refractivity contribution is 5.64. The SMILES string of the molecule is c1ccc(-c2nnc(-c3ccco3)nc2OCCN2CCCCC2)cc1. The van der Waals surface area contributed by atoms with Crippen LogP contribution in [0.3, 0.4) is 0 Å². The van der Waals surface area contributed by atoms with Crippen molar-refractivity contribution in [1.82, 2.24) is 20.1 Å². The van der Waals surface area contributed by atoms with Crippen molar-refractivity contribution in [2.45, 2.75) is 19.3 Å². The molecular weight excluding hydrogens is 328 g/mol. The average molecular weight is 350 g/mol. The number of rotatable bonds is 6. The lowest BCUT2D eigenvalue weighted by Gasteiger charge is -2.26. The molecule has 0 saturated carbocycles.